The molecule has 2 aliphatic heterocycles. The number of rotatable bonds is 3. The molecule has 0 aliphatic carbocycles. The van der Waals surface area contributed by atoms with Crippen LogP contribution in [0.15, 0.2) is 18.2 Å². The summed E-state index contributed by atoms with van der Waals surface area (Å²) in [5.41, 5.74) is 0.172. The van der Waals surface area contributed by atoms with Crippen molar-refractivity contribution in [2.45, 2.75) is 18.9 Å². The van der Waals surface area contributed by atoms with Crippen LogP contribution in [0.4, 0.5) is 4.39 Å². The number of benzene rings is 1. The van der Waals surface area contributed by atoms with Crippen molar-refractivity contribution in [3.63, 3.8) is 0 Å². The van der Waals surface area contributed by atoms with Crippen molar-refractivity contribution in [3.05, 3.63) is 29.6 Å². The van der Waals surface area contributed by atoms with Gasteiger partial charge in [-0.3, -0.25) is 14.4 Å². The van der Waals surface area contributed by atoms with Crippen molar-refractivity contribution in [1.82, 2.24) is 15.1 Å². The molecule has 8 heteroatoms. The predicted octanol–water partition coefficient (Wildman–Crippen LogP) is 0.397. The minimum atomic E-state index is -0.505. The van der Waals surface area contributed by atoms with E-state index in [9.17, 15) is 18.8 Å². The van der Waals surface area contributed by atoms with E-state index in [0.29, 0.717) is 44.8 Å². The molecule has 3 amide bonds. The Balaban J connectivity index is 1.62. The van der Waals surface area contributed by atoms with E-state index in [-0.39, 0.29) is 23.3 Å². The van der Waals surface area contributed by atoms with Crippen LogP contribution in [0.2, 0.25) is 0 Å². The van der Waals surface area contributed by atoms with Gasteiger partial charge in [0.2, 0.25) is 11.8 Å². The summed E-state index contributed by atoms with van der Waals surface area (Å²) in [6, 6.07) is 3.36. The van der Waals surface area contributed by atoms with Gasteiger partial charge in [-0.1, -0.05) is 0 Å². The zero-order valence-electron chi connectivity index (χ0n) is 14.0. The Morgan fingerprint density at radius 1 is 1.20 bits per heavy atom. The second-order valence-corrected chi connectivity index (χ2v) is 6.12. The molecule has 0 radical (unpaired) electrons. The number of hydrogen-bond acceptors (Lipinski definition) is 4. The minimum Gasteiger partial charge on any atom is -0.496 e. The maximum absolute atomic E-state index is 13.5. The Hall–Kier alpha value is -2.64. The van der Waals surface area contributed by atoms with E-state index in [1.807, 2.05) is 0 Å². The van der Waals surface area contributed by atoms with E-state index in [4.69, 9.17) is 4.74 Å². The Morgan fingerprint density at radius 3 is 2.48 bits per heavy atom. The van der Waals surface area contributed by atoms with Crippen LogP contribution in [0, 0.1) is 5.82 Å². The Kier molecular flexibility index (Phi) is 4.87. The Morgan fingerprint density at radius 2 is 1.88 bits per heavy atom. The van der Waals surface area contributed by atoms with Crippen LogP contribution in [0.5, 0.6) is 5.75 Å². The number of carbonyl (C=O) groups is 3. The second-order valence-electron chi connectivity index (χ2n) is 6.12. The van der Waals surface area contributed by atoms with Crippen LogP contribution in [0.1, 0.15) is 23.2 Å². The van der Waals surface area contributed by atoms with Gasteiger partial charge in [0.1, 0.15) is 17.6 Å². The summed E-state index contributed by atoms with van der Waals surface area (Å²) in [4.78, 5) is 39.5. The summed E-state index contributed by atoms with van der Waals surface area (Å²) in [6.45, 7) is 1.47. The molecule has 1 atom stereocenters. The lowest BCUT2D eigenvalue weighted by Gasteiger charge is -2.36. The van der Waals surface area contributed by atoms with Gasteiger partial charge in [-0.25, -0.2) is 4.39 Å². The number of halogens is 1. The Labute approximate surface area is 144 Å². The smallest absolute Gasteiger partial charge is 0.257 e. The summed E-state index contributed by atoms with van der Waals surface area (Å²) in [5, 5.41) is 2.66. The topological polar surface area (TPSA) is 79.0 Å². The maximum Gasteiger partial charge on any atom is 0.257 e. The van der Waals surface area contributed by atoms with Gasteiger partial charge in [0.15, 0.2) is 0 Å². The van der Waals surface area contributed by atoms with Crippen LogP contribution in [-0.4, -0.2) is 66.9 Å². The van der Waals surface area contributed by atoms with Crippen molar-refractivity contribution in [3.8, 4) is 5.75 Å². The van der Waals surface area contributed by atoms with E-state index in [1.165, 1.54) is 19.2 Å². The molecule has 0 saturated carbocycles. The molecule has 1 aromatic carbocycles. The van der Waals surface area contributed by atoms with Gasteiger partial charge < -0.3 is 19.9 Å². The first-order valence-corrected chi connectivity index (χ1v) is 8.20. The first-order valence-electron chi connectivity index (χ1n) is 8.20. The fourth-order valence-electron chi connectivity index (χ4n) is 3.17. The number of piperazine rings is 1. The minimum absolute atomic E-state index is 0.106. The van der Waals surface area contributed by atoms with E-state index >= 15 is 0 Å². The van der Waals surface area contributed by atoms with Crippen LogP contribution in [0.3, 0.4) is 0 Å². The first kappa shape index (κ1) is 17.2. The molecular formula is C17H20FN3O4. The molecule has 1 aromatic rings. The first-order chi connectivity index (χ1) is 12.0. The quantitative estimate of drug-likeness (QED) is 0.857. The fourth-order valence-corrected chi connectivity index (χ4v) is 3.17. The number of methoxy groups -OCH3 is 1. The molecule has 2 aliphatic rings. The molecule has 0 aromatic heterocycles. The number of amides is 3. The van der Waals surface area contributed by atoms with Crippen LogP contribution in [-0.2, 0) is 9.59 Å². The van der Waals surface area contributed by atoms with Crippen LogP contribution in [0.25, 0.3) is 0 Å². The number of ether oxygens (including phenoxy) is 1. The van der Waals surface area contributed by atoms with Gasteiger partial charge in [0.25, 0.3) is 5.91 Å². The summed E-state index contributed by atoms with van der Waals surface area (Å²) < 4.78 is 18.6. The lowest BCUT2D eigenvalue weighted by Crippen LogP contribution is -2.54. The van der Waals surface area contributed by atoms with Gasteiger partial charge in [-0.2, -0.15) is 0 Å². The highest BCUT2D eigenvalue weighted by molar-refractivity contribution is 5.97. The molecular weight excluding hydrogens is 329 g/mol. The molecule has 2 heterocycles. The standard InChI is InChI=1S/C17H20FN3O4/c1-25-14-4-2-11(18)10-12(14)16(23)20-6-8-21(9-7-20)17(24)13-3-5-15(22)19-13/h2,4,10,13H,3,5-9H2,1H3,(H,19,22). The molecule has 1 N–H and O–H groups in total. The zero-order valence-corrected chi connectivity index (χ0v) is 14.0. The number of nitrogens with one attached hydrogen (secondary N) is 1. The molecule has 1 unspecified atom stereocenters. The van der Waals surface area contributed by atoms with Gasteiger partial charge in [-0.15, -0.1) is 0 Å². The predicted molar refractivity (Wildman–Crippen MR) is 86.6 cm³/mol. The highest BCUT2D eigenvalue weighted by Gasteiger charge is 2.33. The normalized spacial score (nSPS) is 20.4. The average Bonchev–Trinajstić information content (AvgIpc) is 3.07. The SMILES string of the molecule is COc1ccc(F)cc1C(=O)N1CCN(C(=O)C2CCC(=O)N2)CC1. The summed E-state index contributed by atoms with van der Waals surface area (Å²) >= 11 is 0. The summed E-state index contributed by atoms with van der Waals surface area (Å²) in [7, 11) is 1.43. The highest BCUT2D eigenvalue weighted by Crippen LogP contribution is 2.22. The number of nitrogens with zero attached hydrogens (tertiary/aromatic N) is 2. The number of hydrogen-bond donors (Lipinski definition) is 1. The molecule has 2 saturated heterocycles. The van der Waals surface area contributed by atoms with Crippen molar-refractivity contribution < 1.29 is 23.5 Å². The van der Waals surface area contributed by atoms with Crippen molar-refractivity contribution in [1.29, 1.82) is 0 Å². The molecule has 3 rings (SSSR count). The van der Waals surface area contributed by atoms with Crippen molar-refractivity contribution in [2.75, 3.05) is 33.3 Å². The van der Waals surface area contributed by atoms with Gasteiger partial charge in [-0.05, 0) is 24.6 Å². The van der Waals surface area contributed by atoms with Crippen molar-refractivity contribution >= 4 is 17.7 Å². The highest BCUT2D eigenvalue weighted by atomic mass is 19.1. The van der Waals surface area contributed by atoms with Gasteiger partial charge in [0, 0.05) is 32.6 Å². The molecule has 7 nitrogen and oxygen atoms in total. The summed E-state index contributed by atoms with van der Waals surface area (Å²) in [6.07, 6.45) is 0.880. The molecule has 2 fully saturated rings. The third-order valence-corrected chi connectivity index (χ3v) is 4.56. The second kappa shape index (κ2) is 7.08. The van der Waals surface area contributed by atoms with Gasteiger partial charge in [0.05, 0.1) is 12.7 Å². The van der Waals surface area contributed by atoms with E-state index in [1.54, 1.807) is 9.80 Å². The van der Waals surface area contributed by atoms with Crippen molar-refractivity contribution in [2.24, 2.45) is 0 Å². The van der Waals surface area contributed by atoms with Crippen LogP contribution < -0.4 is 10.1 Å². The van der Waals surface area contributed by atoms with Gasteiger partial charge >= 0.3 is 0 Å². The van der Waals surface area contributed by atoms with E-state index < -0.39 is 11.9 Å². The number of carbonyl (C=O) groups excluding carboxylic acids is 3. The monoisotopic (exact) mass is 349 g/mol. The summed E-state index contributed by atoms with van der Waals surface area (Å²) in [5.74, 6) is -0.724. The molecule has 0 bridgehead atoms. The lowest BCUT2D eigenvalue weighted by molar-refractivity contribution is -0.135. The third kappa shape index (κ3) is 3.57. The van der Waals surface area contributed by atoms with Crippen LogP contribution >= 0.6 is 0 Å². The Bertz CT molecular complexity index is 701. The molecule has 0 spiro atoms. The average molecular weight is 349 g/mol. The zero-order chi connectivity index (χ0) is 18.0. The lowest BCUT2D eigenvalue weighted by atomic mass is 10.1. The maximum atomic E-state index is 13.5. The fraction of sp³-hybridized carbons (Fsp3) is 0.471. The molecule has 134 valence electrons. The largest absolute Gasteiger partial charge is 0.496 e. The van der Waals surface area contributed by atoms with E-state index in [2.05, 4.69) is 5.32 Å². The molecule has 25 heavy (non-hydrogen) atoms. The van der Waals surface area contributed by atoms with E-state index in [0.717, 1.165) is 6.07 Å². The third-order valence-electron chi connectivity index (χ3n) is 4.56.